The van der Waals surface area contributed by atoms with Crippen LogP contribution < -0.4 is 26.4 Å². The number of rotatable bonds is 6. The van der Waals surface area contributed by atoms with Gasteiger partial charge in [0.2, 0.25) is 0 Å². The molecular weight excluding hydrogens is 570 g/mol. The molecule has 224 valence electrons. The number of hydrogen-bond donors (Lipinski definition) is 2. The summed E-state index contributed by atoms with van der Waals surface area (Å²) in [6.45, 7) is 5.95. The van der Waals surface area contributed by atoms with Gasteiger partial charge in [-0.05, 0) is 50.1 Å². The maximum atomic E-state index is 13.3. The van der Waals surface area contributed by atoms with Crippen LogP contribution in [0.25, 0.3) is 17.1 Å². The van der Waals surface area contributed by atoms with Crippen LogP contribution in [0, 0.1) is 6.92 Å². The third-order valence-electron chi connectivity index (χ3n) is 8.08. The van der Waals surface area contributed by atoms with Crippen molar-refractivity contribution in [1.29, 1.82) is 0 Å². The fourth-order valence-electron chi connectivity index (χ4n) is 5.64. The Morgan fingerprint density at radius 2 is 1.77 bits per heavy atom. The van der Waals surface area contributed by atoms with Gasteiger partial charge in [0.25, 0.3) is 11.5 Å². The Balaban J connectivity index is 1.14. The van der Waals surface area contributed by atoms with E-state index < -0.39 is 0 Å². The summed E-state index contributed by atoms with van der Waals surface area (Å²) in [7, 11) is 1.75. The smallest absolute Gasteiger partial charge is 0.284 e. The summed E-state index contributed by atoms with van der Waals surface area (Å²) in [5, 5.41) is 3.58. The number of amides is 1. The summed E-state index contributed by atoms with van der Waals surface area (Å²) in [6.07, 6.45) is 2.97. The second-order valence-electron chi connectivity index (χ2n) is 10.8. The van der Waals surface area contributed by atoms with Gasteiger partial charge >= 0.3 is 0 Å². The quantitative estimate of drug-likeness (QED) is 0.341. The molecule has 5 heterocycles. The number of nitrogens with two attached hydrogens (primary N) is 1. The van der Waals surface area contributed by atoms with Crippen molar-refractivity contribution in [2.75, 3.05) is 54.9 Å². The maximum Gasteiger partial charge on any atom is 0.284 e. The third-order valence-corrected chi connectivity index (χ3v) is 8.31. The van der Waals surface area contributed by atoms with Crippen molar-refractivity contribution in [3.8, 4) is 17.1 Å². The summed E-state index contributed by atoms with van der Waals surface area (Å²) >= 11 is 6.15. The fourth-order valence-corrected chi connectivity index (χ4v) is 5.83. The highest BCUT2D eigenvalue weighted by molar-refractivity contribution is 6.30. The van der Waals surface area contributed by atoms with Crippen LogP contribution in [0.2, 0.25) is 5.02 Å². The standard InChI is InChI=1S/C30H34ClN9O3/c1-19-26(30(42)40(37(19)2)22-6-3-5-20(31)17-22)29(41)34-21-9-11-39(12-10-21)28-27(32)33-18-24(36-28)23-7-4-8-25(35-23)38-13-15-43-16-14-38/h3-8,17-18,21H,9-16H2,1-2H3,(H2,32,33)(H,34,41). The van der Waals surface area contributed by atoms with Gasteiger partial charge in [0.05, 0.1) is 36.5 Å². The average molecular weight is 604 g/mol. The molecule has 1 aromatic carbocycles. The zero-order valence-electron chi connectivity index (χ0n) is 24.2. The van der Waals surface area contributed by atoms with Crippen LogP contribution in [0.15, 0.2) is 53.5 Å². The Morgan fingerprint density at radius 3 is 2.51 bits per heavy atom. The minimum Gasteiger partial charge on any atom is -0.381 e. The average Bonchev–Trinajstić information content (AvgIpc) is 3.25. The summed E-state index contributed by atoms with van der Waals surface area (Å²) in [5.74, 6) is 1.44. The fraction of sp³-hybridized carbons (Fsp3) is 0.367. The minimum absolute atomic E-state index is 0.105. The second-order valence-corrected chi connectivity index (χ2v) is 11.2. The van der Waals surface area contributed by atoms with E-state index in [-0.39, 0.29) is 23.1 Å². The number of nitrogen functional groups attached to an aromatic ring is 1. The second kappa shape index (κ2) is 12.1. The number of piperidine rings is 1. The van der Waals surface area contributed by atoms with E-state index in [0.29, 0.717) is 72.9 Å². The van der Waals surface area contributed by atoms with Gasteiger partial charge in [-0.25, -0.2) is 19.6 Å². The van der Waals surface area contributed by atoms with Crippen LogP contribution in [0.5, 0.6) is 0 Å². The molecule has 2 saturated heterocycles. The zero-order chi connectivity index (χ0) is 30.1. The van der Waals surface area contributed by atoms with Gasteiger partial charge in [-0.15, -0.1) is 0 Å². The van der Waals surface area contributed by atoms with Gasteiger partial charge in [0.15, 0.2) is 11.6 Å². The number of halogens is 1. The lowest BCUT2D eigenvalue weighted by Crippen LogP contribution is -2.46. The van der Waals surface area contributed by atoms with Crippen molar-refractivity contribution in [1.82, 2.24) is 29.6 Å². The van der Waals surface area contributed by atoms with E-state index in [0.717, 1.165) is 24.6 Å². The van der Waals surface area contributed by atoms with Crippen LogP contribution in [0.1, 0.15) is 28.9 Å². The Kier molecular flexibility index (Phi) is 8.04. The van der Waals surface area contributed by atoms with Gasteiger partial charge in [0, 0.05) is 44.3 Å². The van der Waals surface area contributed by atoms with E-state index in [9.17, 15) is 9.59 Å². The van der Waals surface area contributed by atoms with E-state index in [1.807, 2.05) is 18.2 Å². The molecule has 1 amide bonds. The molecule has 2 aliphatic rings. The van der Waals surface area contributed by atoms with Crippen molar-refractivity contribution < 1.29 is 9.53 Å². The summed E-state index contributed by atoms with van der Waals surface area (Å²) < 4.78 is 8.59. The van der Waals surface area contributed by atoms with Gasteiger partial charge in [-0.3, -0.25) is 14.3 Å². The Labute approximate surface area is 254 Å². The number of morpholine rings is 1. The molecule has 13 heteroatoms. The maximum absolute atomic E-state index is 13.3. The number of aromatic nitrogens is 5. The van der Waals surface area contributed by atoms with Crippen molar-refractivity contribution >= 4 is 35.0 Å². The molecule has 0 bridgehead atoms. The summed E-state index contributed by atoms with van der Waals surface area (Å²) in [4.78, 5) is 45.0. The zero-order valence-corrected chi connectivity index (χ0v) is 24.9. The lowest BCUT2D eigenvalue weighted by Gasteiger charge is -2.33. The predicted molar refractivity (Wildman–Crippen MR) is 166 cm³/mol. The number of hydrogen-bond acceptors (Lipinski definition) is 9. The molecule has 0 spiro atoms. The Hall–Kier alpha value is -4.42. The summed E-state index contributed by atoms with van der Waals surface area (Å²) in [5.41, 5.74) is 8.55. The van der Waals surface area contributed by atoms with Crippen molar-refractivity contribution in [2.24, 2.45) is 7.05 Å². The highest BCUT2D eigenvalue weighted by Crippen LogP contribution is 2.27. The number of ether oxygens (including phenoxy) is 1. The first-order chi connectivity index (χ1) is 20.8. The van der Waals surface area contributed by atoms with Crippen LogP contribution >= 0.6 is 11.6 Å². The van der Waals surface area contributed by atoms with Crippen LogP contribution in [0.4, 0.5) is 17.5 Å². The first-order valence-electron chi connectivity index (χ1n) is 14.3. The van der Waals surface area contributed by atoms with Gasteiger partial charge in [0.1, 0.15) is 17.1 Å². The Morgan fingerprint density at radius 1 is 1.02 bits per heavy atom. The van der Waals surface area contributed by atoms with Gasteiger partial charge in [-0.2, -0.15) is 0 Å². The molecule has 6 rings (SSSR count). The SMILES string of the molecule is Cc1c(C(=O)NC2CCN(c3nc(-c4cccc(N5CCOCC5)n4)cnc3N)CC2)c(=O)n(-c2cccc(Cl)c2)n1C. The van der Waals surface area contributed by atoms with Crippen molar-refractivity contribution in [3.63, 3.8) is 0 Å². The molecule has 0 aliphatic carbocycles. The molecule has 0 saturated carbocycles. The van der Waals surface area contributed by atoms with Crippen molar-refractivity contribution in [2.45, 2.75) is 25.8 Å². The predicted octanol–water partition coefficient (Wildman–Crippen LogP) is 2.81. The number of pyridine rings is 1. The number of carbonyl (C=O) groups is 1. The molecule has 2 aliphatic heterocycles. The molecule has 0 atom stereocenters. The van der Waals surface area contributed by atoms with E-state index in [1.54, 1.807) is 49.1 Å². The molecule has 0 radical (unpaired) electrons. The number of nitrogens with zero attached hydrogens (tertiary/aromatic N) is 7. The van der Waals surface area contributed by atoms with Crippen LogP contribution in [-0.4, -0.2) is 75.7 Å². The summed E-state index contributed by atoms with van der Waals surface area (Å²) in [6, 6.07) is 12.8. The number of anilines is 3. The molecule has 4 aromatic rings. The third kappa shape index (κ3) is 5.80. The Bertz CT molecular complexity index is 1710. The van der Waals surface area contributed by atoms with Gasteiger partial charge < -0.3 is 25.6 Å². The van der Waals surface area contributed by atoms with Crippen LogP contribution in [0.3, 0.4) is 0 Å². The van der Waals surface area contributed by atoms with E-state index in [1.165, 1.54) is 4.68 Å². The number of carbonyl (C=O) groups excluding carboxylic acids is 1. The molecule has 3 aromatic heterocycles. The first-order valence-corrected chi connectivity index (χ1v) is 14.7. The monoisotopic (exact) mass is 603 g/mol. The minimum atomic E-state index is -0.386. The number of nitrogens with one attached hydrogen (secondary N) is 1. The molecule has 2 fully saturated rings. The lowest BCUT2D eigenvalue weighted by atomic mass is 10.0. The van der Waals surface area contributed by atoms with Crippen molar-refractivity contribution in [3.05, 3.63) is 75.3 Å². The largest absolute Gasteiger partial charge is 0.381 e. The lowest BCUT2D eigenvalue weighted by molar-refractivity contribution is 0.0929. The van der Waals surface area contributed by atoms with Gasteiger partial charge in [-0.1, -0.05) is 23.7 Å². The molecule has 12 nitrogen and oxygen atoms in total. The van der Waals surface area contributed by atoms with Crippen LogP contribution in [-0.2, 0) is 11.8 Å². The first kappa shape index (κ1) is 28.7. The molecular formula is C30H34ClN9O3. The highest BCUT2D eigenvalue weighted by atomic mass is 35.5. The van der Waals surface area contributed by atoms with E-state index >= 15 is 0 Å². The normalized spacial score (nSPS) is 16.0. The van der Waals surface area contributed by atoms with E-state index in [2.05, 4.69) is 20.1 Å². The van der Waals surface area contributed by atoms with E-state index in [4.69, 9.17) is 32.0 Å². The highest BCUT2D eigenvalue weighted by Gasteiger charge is 2.28. The molecule has 43 heavy (non-hydrogen) atoms. The number of benzene rings is 1. The topological polar surface area (TPSA) is 136 Å². The molecule has 0 unspecified atom stereocenters. The molecule has 3 N–H and O–H groups in total.